The van der Waals surface area contributed by atoms with Gasteiger partial charge < -0.3 is 9.64 Å². The minimum atomic E-state index is -0.0333. The van der Waals surface area contributed by atoms with E-state index in [1.807, 2.05) is 49.6 Å². The van der Waals surface area contributed by atoms with E-state index in [9.17, 15) is 4.79 Å². The van der Waals surface area contributed by atoms with Crippen LogP contribution < -0.4 is 4.74 Å². The number of benzene rings is 2. The van der Waals surface area contributed by atoms with Crippen LogP contribution in [0.2, 0.25) is 10.0 Å². The molecule has 3 rings (SSSR count). The van der Waals surface area contributed by atoms with Gasteiger partial charge in [0.1, 0.15) is 23.1 Å². The van der Waals surface area contributed by atoms with Crippen LogP contribution in [0.3, 0.4) is 0 Å². The van der Waals surface area contributed by atoms with Crippen molar-refractivity contribution in [3.05, 3.63) is 69.1 Å². The maximum Gasteiger partial charge on any atom is 0.273 e. The van der Waals surface area contributed by atoms with Crippen molar-refractivity contribution >= 4 is 40.4 Å². The highest BCUT2D eigenvalue weighted by molar-refractivity contribution is 7.13. The molecule has 3 aromatic rings. The van der Waals surface area contributed by atoms with Gasteiger partial charge in [0, 0.05) is 24.0 Å². The molecule has 0 fully saturated rings. The van der Waals surface area contributed by atoms with Gasteiger partial charge in [0.15, 0.2) is 0 Å². The summed E-state index contributed by atoms with van der Waals surface area (Å²) >= 11 is 13.4. The van der Waals surface area contributed by atoms with E-state index in [1.54, 1.807) is 17.0 Å². The fourth-order valence-corrected chi connectivity index (χ4v) is 3.79. The zero-order chi connectivity index (χ0) is 20.1. The van der Waals surface area contributed by atoms with E-state index in [0.717, 1.165) is 21.9 Å². The second-order valence-electron chi connectivity index (χ2n) is 6.08. The van der Waals surface area contributed by atoms with Gasteiger partial charge in [0.25, 0.3) is 5.91 Å². The van der Waals surface area contributed by atoms with Crippen molar-refractivity contribution < 1.29 is 9.53 Å². The molecule has 28 heavy (non-hydrogen) atoms. The van der Waals surface area contributed by atoms with Crippen LogP contribution in [0.15, 0.2) is 47.8 Å². The highest BCUT2D eigenvalue weighted by atomic mass is 35.5. The summed E-state index contributed by atoms with van der Waals surface area (Å²) in [6.45, 7) is 5.67. The molecule has 0 bridgehead atoms. The molecule has 1 aromatic heterocycles. The molecule has 0 aliphatic heterocycles. The number of halogens is 2. The van der Waals surface area contributed by atoms with E-state index in [0.29, 0.717) is 35.4 Å². The van der Waals surface area contributed by atoms with Crippen LogP contribution in [-0.4, -0.2) is 28.9 Å². The van der Waals surface area contributed by atoms with Crippen LogP contribution in [0.4, 0.5) is 0 Å². The zero-order valence-electron chi connectivity index (χ0n) is 15.6. The molecule has 0 radical (unpaired) electrons. The maximum absolute atomic E-state index is 12.4. The first-order chi connectivity index (χ1) is 13.5. The molecule has 0 N–H and O–H groups in total. The Balaban J connectivity index is 1.66. The molecule has 0 saturated heterocycles. The monoisotopic (exact) mass is 434 g/mol. The van der Waals surface area contributed by atoms with Crippen LogP contribution >= 0.6 is 34.5 Å². The summed E-state index contributed by atoms with van der Waals surface area (Å²) in [4.78, 5) is 18.7. The Morgan fingerprint density at radius 3 is 2.43 bits per heavy atom. The number of hydrogen-bond acceptors (Lipinski definition) is 4. The van der Waals surface area contributed by atoms with E-state index in [1.165, 1.54) is 11.3 Å². The fourth-order valence-electron chi connectivity index (χ4n) is 2.67. The number of rotatable bonds is 7. The molecular weight excluding hydrogens is 415 g/mol. The van der Waals surface area contributed by atoms with E-state index in [4.69, 9.17) is 27.9 Å². The third kappa shape index (κ3) is 4.85. The largest absolute Gasteiger partial charge is 0.489 e. The number of hydrogen-bond donors (Lipinski definition) is 0. The predicted octanol–water partition coefficient (Wildman–Crippen LogP) is 6.18. The summed E-state index contributed by atoms with van der Waals surface area (Å²) in [6, 6.07) is 13.1. The molecule has 0 saturated carbocycles. The standard InChI is InChI=1S/C21H20Cl2N2O2S/c1-3-25(4-2)21(26)19-13-28-20(24-19)15-6-8-16(9-7-15)27-12-14-5-10-17(22)18(23)11-14/h5-11,13H,3-4,12H2,1-2H3. The SMILES string of the molecule is CCN(CC)C(=O)c1csc(-c2ccc(OCc3ccc(Cl)c(Cl)c3)cc2)n1. The molecule has 1 amide bonds. The van der Waals surface area contributed by atoms with Crippen LogP contribution in [0.1, 0.15) is 29.9 Å². The number of ether oxygens (including phenoxy) is 1. The maximum atomic E-state index is 12.4. The van der Waals surface area contributed by atoms with Crippen molar-refractivity contribution in [2.24, 2.45) is 0 Å². The van der Waals surface area contributed by atoms with Gasteiger partial charge in [-0.15, -0.1) is 11.3 Å². The average molecular weight is 435 g/mol. The molecule has 0 aliphatic carbocycles. The van der Waals surface area contributed by atoms with Crippen LogP contribution in [0.25, 0.3) is 10.6 Å². The number of aromatic nitrogens is 1. The smallest absolute Gasteiger partial charge is 0.273 e. The molecule has 0 unspecified atom stereocenters. The number of carbonyl (C=O) groups is 1. The summed E-state index contributed by atoms with van der Waals surface area (Å²) in [6.07, 6.45) is 0. The number of nitrogens with zero attached hydrogens (tertiary/aromatic N) is 2. The Labute approximate surface area is 178 Å². The molecule has 7 heteroatoms. The van der Waals surface area contributed by atoms with E-state index < -0.39 is 0 Å². The van der Waals surface area contributed by atoms with Gasteiger partial charge in [-0.1, -0.05) is 29.3 Å². The van der Waals surface area contributed by atoms with Gasteiger partial charge >= 0.3 is 0 Å². The highest BCUT2D eigenvalue weighted by Crippen LogP contribution is 2.27. The molecule has 4 nitrogen and oxygen atoms in total. The van der Waals surface area contributed by atoms with Crippen molar-refractivity contribution in [3.63, 3.8) is 0 Å². The molecule has 0 spiro atoms. The lowest BCUT2D eigenvalue weighted by molar-refractivity contribution is 0.0768. The molecule has 1 heterocycles. The lowest BCUT2D eigenvalue weighted by Crippen LogP contribution is -2.30. The molecular formula is C21H20Cl2N2O2S. The Morgan fingerprint density at radius 1 is 1.07 bits per heavy atom. The number of amides is 1. The highest BCUT2D eigenvalue weighted by Gasteiger charge is 2.16. The van der Waals surface area contributed by atoms with Gasteiger partial charge in [-0.3, -0.25) is 4.79 Å². The quantitative estimate of drug-likeness (QED) is 0.445. The zero-order valence-corrected chi connectivity index (χ0v) is 17.9. The number of carbonyl (C=O) groups excluding carboxylic acids is 1. The average Bonchev–Trinajstić information content (AvgIpc) is 3.20. The molecule has 0 atom stereocenters. The molecule has 146 valence electrons. The van der Waals surface area contributed by atoms with Crippen molar-refractivity contribution in [2.75, 3.05) is 13.1 Å². The first-order valence-electron chi connectivity index (χ1n) is 8.93. The Morgan fingerprint density at radius 2 is 1.79 bits per heavy atom. The van der Waals surface area contributed by atoms with Gasteiger partial charge in [-0.2, -0.15) is 0 Å². The minimum Gasteiger partial charge on any atom is -0.489 e. The Hall–Kier alpha value is -2.08. The van der Waals surface area contributed by atoms with E-state index in [-0.39, 0.29) is 5.91 Å². The van der Waals surface area contributed by atoms with Crippen LogP contribution in [-0.2, 0) is 6.61 Å². The van der Waals surface area contributed by atoms with Gasteiger partial charge in [-0.25, -0.2) is 4.98 Å². The van der Waals surface area contributed by atoms with Crippen LogP contribution in [0.5, 0.6) is 5.75 Å². The topological polar surface area (TPSA) is 42.4 Å². The Kier molecular flexibility index (Phi) is 6.94. The molecule has 0 aliphatic rings. The van der Waals surface area contributed by atoms with E-state index in [2.05, 4.69) is 4.98 Å². The van der Waals surface area contributed by atoms with Crippen LogP contribution in [0, 0.1) is 0 Å². The van der Waals surface area contributed by atoms with Gasteiger partial charge in [-0.05, 0) is 55.8 Å². The summed E-state index contributed by atoms with van der Waals surface area (Å²) in [5.41, 5.74) is 2.38. The summed E-state index contributed by atoms with van der Waals surface area (Å²) in [5.74, 6) is 0.708. The number of thiazole rings is 1. The third-order valence-electron chi connectivity index (χ3n) is 4.26. The normalized spacial score (nSPS) is 10.7. The Bertz CT molecular complexity index is 953. The van der Waals surface area contributed by atoms with Crippen molar-refractivity contribution in [3.8, 4) is 16.3 Å². The van der Waals surface area contributed by atoms with Crippen molar-refractivity contribution in [1.29, 1.82) is 0 Å². The summed E-state index contributed by atoms with van der Waals surface area (Å²) in [5, 5.41) is 3.66. The van der Waals surface area contributed by atoms with E-state index >= 15 is 0 Å². The first-order valence-corrected chi connectivity index (χ1v) is 10.6. The summed E-state index contributed by atoms with van der Waals surface area (Å²) in [7, 11) is 0. The lowest BCUT2D eigenvalue weighted by atomic mass is 10.2. The summed E-state index contributed by atoms with van der Waals surface area (Å²) < 4.78 is 5.80. The van der Waals surface area contributed by atoms with Crippen molar-refractivity contribution in [1.82, 2.24) is 9.88 Å². The first kappa shape index (κ1) is 20.6. The minimum absolute atomic E-state index is 0.0333. The fraction of sp³-hybridized carbons (Fsp3) is 0.238. The molecule has 2 aromatic carbocycles. The second-order valence-corrected chi connectivity index (χ2v) is 7.75. The predicted molar refractivity (Wildman–Crippen MR) is 116 cm³/mol. The lowest BCUT2D eigenvalue weighted by Gasteiger charge is -2.16. The third-order valence-corrected chi connectivity index (χ3v) is 5.90. The van der Waals surface area contributed by atoms with Gasteiger partial charge in [0.2, 0.25) is 0 Å². The van der Waals surface area contributed by atoms with Gasteiger partial charge in [0.05, 0.1) is 10.0 Å². The van der Waals surface area contributed by atoms with Crippen molar-refractivity contribution in [2.45, 2.75) is 20.5 Å². The second kappa shape index (κ2) is 9.41.